The second-order valence-electron chi connectivity index (χ2n) is 3.96. The highest BCUT2D eigenvalue weighted by Gasteiger charge is 2.35. The van der Waals surface area contributed by atoms with Crippen molar-refractivity contribution in [3.63, 3.8) is 0 Å². The van der Waals surface area contributed by atoms with Crippen molar-refractivity contribution in [2.24, 2.45) is 0 Å². The number of thioether (sulfide) groups is 1. The van der Waals surface area contributed by atoms with Gasteiger partial charge in [0.1, 0.15) is 5.75 Å². The van der Waals surface area contributed by atoms with Crippen LogP contribution in [0.4, 0.5) is 5.69 Å². The fraction of sp³-hybridized carbons (Fsp3) is 0.455. The summed E-state index contributed by atoms with van der Waals surface area (Å²) in [6.45, 7) is 0. The van der Waals surface area contributed by atoms with Gasteiger partial charge in [0.2, 0.25) is 0 Å². The van der Waals surface area contributed by atoms with E-state index in [1.165, 1.54) is 12.2 Å². The zero-order chi connectivity index (χ0) is 9.54. The predicted molar refractivity (Wildman–Crippen MR) is 60.2 cm³/mol. The number of phenolic OH excluding ortho intramolecular Hbond substituents is 1. The maximum absolute atomic E-state index is 9.82. The Hall–Kier alpha value is -0.830. The van der Waals surface area contributed by atoms with Gasteiger partial charge >= 0.3 is 0 Å². The minimum absolute atomic E-state index is 0.463. The SMILES string of the molecule is Oc1cccc2c1C1CSCCC1N2. The molecule has 1 aromatic rings. The van der Waals surface area contributed by atoms with E-state index in [0.717, 1.165) is 17.0 Å². The van der Waals surface area contributed by atoms with E-state index in [0.29, 0.717) is 17.7 Å². The first-order valence-corrected chi connectivity index (χ1v) is 6.18. The topological polar surface area (TPSA) is 32.3 Å². The molecule has 2 heterocycles. The highest BCUT2D eigenvalue weighted by atomic mass is 32.2. The van der Waals surface area contributed by atoms with Crippen LogP contribution in [0.5, 0.6) is 5.75 Å². The van der Waals surface area contributed by atoms with Gasteiger partial charge in [-0.25, -0.2) is 0 Å². The van der Waals surface area contributed by atoms with Gasteiger partial charge in [0.25, 0.3) is 0 Å². The van der Waals surface area contributed by atoms with Gasteiger partial charge in [0, 0.05) is 29.0 Å². The van der Waals surface area contributed by atoms with E-state index in [1.807, 2.05) is 17.8 Å². The van der Waals surface area contributed by atoms with Crippen LogP contribution in [0.1, 0.15) is 17.9 Å². The third kappa shape index (κ3) is 1.12. The van der Waals surface area contributed by atoms with Gasteiger partial charge in [-0.15, -0.1) is 0 Å². The summed E-state index contributed by atoms with van der Waals surface area (Å²) in [7, 11) is 0. The van der Waals surface area contributed by atoms with Crippen LogP contribution in [0.2, 0.25) is 0 Å². The van der Waals surface area contributed by atoms with Crippen molar-refractivity contribution in [1.29, 1.82) is 0 Å². The standard InChI is InChI=1S/C11H13NOS/c13-10-3-1-2-9-11(10)7-6-14-5-4-8(7)12-9/h1-3,7-8,12-13H,4-6H2. The largest absolute Gasteiger partial charge is 0.508 e. The van der Waals surface area contributed by atoms with Crippen LogP contribution in [0.15, 0.2) is 18.2 Å². The molecule has 3 rings (SSSR count). The molecule has 2 nitrogen and oxygen atoms in total. The molecule has 1 fully saturated rings. The minimum atomic E-state index is 0.463. The molecular formula is C11H13NOS. The Bertz CT molecular complexity index is 366. The number of hydrogen-bond acceptors (Lipinski definition) is 3. The number of hydrogen-bond donors (Lipinski definition) is 2. The second-order valence-corrected chi connectivity index (χ2v) is 5.11. The van der Waals surface area contributed by atoms with Crippen LogP contribution in [0.25, 0.3) is 0 Å². The Labute approximate surface area is 87.7 Å². The molecule has 14 heavy (non-hydrogen) atoms. The van der Waals surface area contributed by atoms with Gasteiger partial charge in [-0.05, 0) is 24.3 Å². The van der Waals surface area contributed by atoms with Crippen LogP contribution in [-0.2, 0) is 0 Å². The molecule has 3 heteroatoms. The molecule has 74 valence electrons. The smallest absolute Gasteiger partial charge is 0.121 e. The number of rotatable bonds is 0. The molecule has 0 amide bonds. The van der Waals surface area contributed by atoms with Crippen molar-refractivity contribution < 1.29 is 5.11 Å². The number of fused-ring (bicyclic) bond motifs is 3. The summed E-state index contributed by atoms with van der Waals surface area (Å²) in [5, 5.41) is 13.3. The minimum Gasteiger partial charge on any atom is -0.508 e. The van der Waals surface area contributed by atoms with Gasteiger partial charge in [-0.3, -0.25) is 0 Å². The van der Waals surface area contributed by atoms with Gasteiger partial charge in [-0.2, -0.15) is 11.8 Å². The van der Waals surface area contributed by atoms with Crippen LogP contribution in [0.3, 0.4) is 0 Å². The van der Waals surface area contributed by atoms with Crippen LogP contribution >= 0.6 is 11.8 Å². The highest BCUT2D eigenvalue weighted by molar-refractivity contribution is 7.99. The molecule has 0 saturated carbocycles. The van der Waals surface area contributed by atoms with Gasteiger partial charge in [0.15, 0.2) is 0 Å². The van der Waals surface area contributed by atoms with Gasteiger partial charge in [0.05, 0.1) is 0 Å². The summed E-state index contributed by atoms with van der Waals surface area (Å²) >= 11 is 1.99. The number of phenols is 1. The Morgan fingerprint density at radius 1 is 1.43 bits per heavy atom. The highest BCUT2D eigenvalue weighted by Crippen LogP contribution is 2.46. The first kappa shape index (κ1) is 8.48. The van der Waals surface area contributed by atoms with Crippen LogP contribution in [0, 0.1) is 0 Å². The fourth-order valence-electron chi connectivity index (χ4n) is 2.46. The third-order valence-electron chi connectivity index (χ3n) is 3.15. The van der Waals surface area contributed by atoms with Crippen LogP contribution < -0.4 is 5.32 Å². The van der Waals surface area contributed by atoms with Gasteiger partial charge in [-0.1, -0.05) is 6.07 Å². The summed E-state index contributed by atoms with van der Waals surface area (Å²) in [6.07, 6.45) is 1.21. The lowest BCUT2D eigenvalue weighted by atomic mass is 9.94. The quantitative estimate of drug-likeness (QED) is 0.685. The lowest BCUT2D eigenvalue weighted by Crippen LogP contribution is -2.26. The first-order chi connectivity index (χ1) is 6.86. The van der Waals surface area contributed by atoms with E-state index in [4.69, 9.17) is 0 Å². The first-order valence-electron chi connectivity index (χ1n) is 5.02. The Morgan fingerprint density at radius 2 is 2.36 bits per heavy atom. The molecule has 1 aromatic carbocycles. The molecule has 0 aliphatic carbocycles. The summed E-state index contributed by atoms with van der Waals surface area (Å²) in [4.78, 5) is 0. The van der Waals surface area contributed by atoms with Crippen molar-refractivity contribution >= 4 is 17.4 Å². The number of aromatic hydroxyl groups is 1. The van der Waals surface area contributed by atoms with E-state index in [1.54, 1.807) is 6.07 Å². The van der Waals surface area contributed by atoms with E-state index in [2.05, 4.69) is 11.4 Å². The summed E-state index contributed by atoms with van der Waals surface area (Å²) in [5.74, 6) is 3.36. The van der Waals surface area contributed by atoms with Crippen molar-refractivity contribution in [1.82, 2.24) is 0 Å². The van der Waals surface area contributed by atoms with Crippen molar-refractivity contribution in [2.75, 3.05) is 16.8 Å². The lowest BCUT2D eigenvalue weighted by molar-refractivity contribution is 0.461. The average molecular weight is 207 g/mol. The van der Waals surface area contributed by atoms with E-state index >= 15 is 0 Å². The maximum atomic E-state index is 9.82. The third-order valence-corrected chi connectivity index (χ3v) is 4.27. The summed E-state index contributed by atoms with van der Waals surface area (Å²) < 4.78 is 0. The Kier molecular flexibility index (Phi) is 1.87. The zero-order valence-electron chi connectivity index (χ0n) is 7.86. The summed E-state index contributed by atoms with van der Waals surface area (Å²) in [6, 6.07) is 6.32. The number of nitrogens with one attached hydrogen (secondary N) is 1. The van der Waals surface area contributed by atoms with E-state index in [-0.39, 0.29) is 0 Å². The van der Waals surface area contributed by atoms with Crippen molar-refractivity contribution in [3.05, 3.63) is 23.8 Å². The Morgan fingerprint density at radius 3 is 3.29 bits per heavy atom. The number of benzene rings is 1. The van der Waals surface area contributed by atoms with Gasteiger partial charge < -0.3 is 10.4 Å². The fourth-order valence-corrected chi connectivity index (χ4v) is 3.70. The molecular weight excluding hydrogens is 194 g/mol. The monoisotopic (exact) mass is 207 g/mol. The number of anilines is 1. The molecule has 0 radical (unpaired) electrons. The Balaban J connectivity index is 2.06. The second kappa shape index (κ2) is 3.09. The average Bonchev–Trinajstić information content (AvgIpc) is 2.57. The van der Waals surface area contributed by atoms with Crippen molar-refractivity contribution in [2.45, 2.75) is 18.4 Å². The van der Waals surface area contributed by atoms with E-state index in [9.17, 15) is 5.11 Å². The molecule has 2 N–H and O–H groups in total. The van der Waals surface area contributed by atoms with E-state index < -0.39 is 0 Å². The van der Waals surface area contributed by atoms with Crippen molar-refractivity contribution in [3.8, 4) is 5.75 Å². The maximum Gasteiger partial charge on any atom is 0.121 e. The predicted octanol–water partition coefficient (Wildman–Crippen LogP) is 2.41. The molecule has 0 bridgehead atoms. The normalized spacial score (nSPS) is 29.1. The molecule has 2 unspecified atom stereocenters. The van der Waals surface area contributed by atoms with Crippen LogP contribution in [-0.4, -0.2) is 22.7 Å². The zero-order valence-corrected chi connectivity index (χ0v) is 8.68. The molecule has 0 spiro atoms. The molecule has 2 atom stereocenters. The summed E-state index contributed by atoms with van der Waals surface area (Å²) in [5.41, 5.74) is 2.28. The molecule has 0 aromatic heterocycles. The lowest BCUT2D eigenvalue weighted by Gasteiger charge is -2.25. The molecule has 2 aliphatic heterocycles. The molecule has 1 saturated heterocycles. The molecule has 2 aliphatic rings.